The van der Waals surface area contributed by atoms with Crippen LogP contribution in [0.2, 0.25) is 0 Å². The Morgan fingerprint density at radius 3 is 2.33 bits per heavy atom. The van der Waals surface area contributed by atoms with E-state index in [1.807, 2.05) is 12.1 Å². The number of methoxy groups -OCH3 is 1. The highest BCUT2D eigenvalue weighted by Gasteiger charge is 2.05. The second-order valence-electron chi connectivity index (χ2n) is 5.48. The molecule has 0 atom stereocenters. The van der Waals surface area contributed by atoms with Crippen molar-refractivity contribution in [1.29, 1.82) is 5.26 Å². The van der Waals surface area contributed by atoms with E-state index in [1.165, 1.54) is 11.8 Å². The summed E-state index contributed by atoms with van der Waals surface area (Å²) in [5.74, 6) is 0.955. The number of carbonyl (C=O) groups excluding carboxylic acids is 2. The van der Waals surface area contributed by atoms with Gasteiger partial charge in [-0.1, -0.05) is 12.1 Å². The van der Waals surface area contributed by atoms with Crippen LogP contribution in [0.15, 0.2) is 48.5 Å². The average molecular weight is 384 g/mol. The first-order valence-corrected chi connectivity index (χ1v) is 9.28. The number of hydrogen-bond acceptors (Lipinski definition) is 6. The number of thioether (sulfide) groups is 1. The second kappa shape index (κ2) is 10.7. The first-order chi connectivity index (χ1) is 13.1. The van der Waals surface area contributed by atoms with Crippen molar-refractivity contribution in [1.82, 2.24) is 10.9 Å². The lowest BCUT2D eigenvalue weighted by Gasteiger charge is -2.09. The van der Waals surface area contributed by atoms with Crippen molar-refractivity contribution in [3.05, 3.63) is 59.7 Å². The smallest absolute Gasteiger partial charge is 0.257 e. The Morgan fingerprint density at radius 1 is 1.04 bits per heavy atom. The van der Waals surface area contributed by atoms with Crippen LogP contribution in [0.5, 0.6) is 5.75 Å². The van der Waals surface area contributed by atoms with Gasteiger partial charge >= 0.3 is 0 Å². The molecule has 2 aromatic rings. The first kappa shape index (κ1) is 20.1. The molecular formula is C19H20N4O3S. The van der Waals surface area contributed by atoms with E-state index in [1.54, 1.807) is 43.5 Å². The van der Waals surface area contributed by atoms with Gasteiger partial charge in [0.05, 0.1) is 31.0 Å². The molecule has 27 heavy (non-hydrogen) atoms. The Morgan fingerprint density at radius 2 is 1.70 bits per heavy atom. The monoisotopic (exact) mass is 384 g/mol. The van der Waals surface area contributed by atoms with Crippen molar-refractivity contribution >= 4 is 29.3 Å². The Kier molecular flexibility index (Phi) is 8.00. The maximum Gasteiger partial charge on any atom is 0.257 e. The van der Waals surface area contributed by atoms with Crippen LogP contribution in [0.3, 0.4) is 0 Å². The molecule has 0 spiro atoms. The molecular weight excluding hydrogens is 364 g/mol. The predicted molar refractivity (Wildman–Crippen MR) is 105 cm³/mol. The zero-order chi connectivity index (χ0) is 19.5. The standard InChI is InChI=1S/C19H20N4O3S/c1-26-17-8-6-16(7-9-17)21-11-18(24)22-23-19(25)13-27-12-15-4-2-14(10-20)3-5-15/h2-9,21H,11-13H2,1H3,(H,22,24)(H,23,25). The largest absolute Gasteiger partial charge is 0.497 e. The van der Waals surface area contributed by atoms with E-state index in [-0.39, 0.29) is 24.1 Å². The minimum absolute atomic E-state index is 0.0327. The van der Waals surface area contributed by atoms with Gasteiger partial charge in [0, 0.05) is 11.4 Å². The summed E-state index contributed by atoms with van der Waals surface area (Å²) in [4.78, 5) is 23.5. The molecule has 140 valence electrons. The molecule has 7 nitrogen and oxygen atoms in total. The molecule has 8 heteroatoms. The third-order valence-corrected chi connectivity index (χ3v) is 4.47. The van der Waals surface area contributed by atoms with E-state index >= 15 is 0 Å². The number of hydrogen-bond donors (Lipinski definition) is 3. The SMILES string of the molecule is COc1ccc(NCC(=O)NNC(=O)CSCc2ccc(C#N)cc2)cc1. The third kappa shape index (κ3) is 7.30. The van der Waals surface area contributed by atoms with Crippen LogP contribution in [0.1, 0.15) is 11.1 Å². The van der Waals surface area contributed by atoms with E-state index in [0.717, 1.165) is 17.0 Å². The van der Waals surface area contributed by atoms with Gasteiger partial charge in [0.15, 0.2) is 0 Å². The van der Waals surface area contributed by atoms with Gasteiger partial charge in [-0.25, -0.2) is 0 Å². The molecule has 3 N–H and O–H groups in total. The van der Waals surface area contributed by atoms with E-state index in [4.69, 9.17) is 10.00 Å². The number of benzene rings is 2. The van der Waals surface area contributed by atoms with E-state index < -0.39 is 0 Å². The Labute approximate surface area is 162 Å². The Hall–Kier alpha value is -3.18. The summed E-state index contributed by atoms with van der Waals surface area (Å²) in [5, 5.41) is 11.7. The highest BCUT2D eigenvalue weighted by atomic mass is 32.2. The van der Waals surface area contributed by atoms with Gasteiger partial charge in [0.2, 0.25) is 5.91 Å². The van der Waals surface area contributed by atoms with Crippen LogP contribution in [0.25, 0.3) is 0 Å². The maximum atomic E-state index is 11.8. The van der Waals surface area contributed by atoms with E-state index in [0.29, 0.717) is 11.3 Å². The van der Waals surface area contributed by atoms with Gasteiger partial charge in [0.1, 0.15) is 5.75 Å². The van der Waals surface area contributed by atoms with E-state index in [2.05, 4.69) is 22.2 Å². The molecule has 0 aliphatic heterocycles. The minimum atomic E-state index is -0.351. The Bertz CT molecular complexity index is 801. The first-order valence-electron chi connectivity index (χ1n) is 8.13. The summed E-state index contributed by atoms with van der Waals surface area (Å²) in [6.07, 6.45) is 0. The molecule has 0 saturated heterocycles. The van der Waals surface area contributed by atoms with Gasteiger partial charge in [0.25, 0.3) is 5.91 Å². The molecule has 0 saturated carbocycles. The molecule has 2 aromatic carbocycles. The second-order valence-corrected chi connectivity index (χ2v) is 6.47. The lowest BCUT2D eigenvalue weighted by atomic mass is 10.2. The zero-order valence-electron chi connectivity index (χ0n) is 14.8. The summed E-state index contributed by atoms with van der Waals surface area (Å²) in [6.45, 7) is 0.0327. The maximum absolute atomic E-state index is 11.8. The van der Waals surface area contributed by atoms with Crippen LogP contribution in [-0.4, -0.2) is 31.2 Å². The number of nitriles is 1. The van der Waals surface area contributed by atoms with Crippen molar-refractivity contribution in [3.8, 4) is 11.8 Å². The molecule has 0 unspecified atom stereocenters. The number of anilines is 1. The normalized spacial score (nSPS) is 9.78. The van der Waals surface area contributed by atoms with E-state index in [9.17, 15) is 9.59 Å². The number of nitrogens with zero attached hydrogens (tertiary/aromatic N) is 1. The lowest BCUT2D eigenvalue weighted by molar-refractivity contribution is -0.126. The topological polar surface area (TPSA) is 103 Å². The van der Waals surface area contributed by atoms with Crippen LogP contribution in [0.4, 0.5) is 5.69 Å². The van der Waals surface area contributed by atoms with Crippen molar-refractivity contribution < 1.29 is 14.3 Å². The van der Waals surface area contributed by atoms with Crippen LogP contribution in [-0.2, 0) is 15.3 Å². The predicted octanol–water partition coefficient (Wildman–Crippen LogP) is 2.06. The number of nitrogens with one attached hydrogen (secondary N) is 3. The minimum Gasteiger partial charge on any atom is -0.497 e. The number of amides is 2. The molecule has 0 fully saturated rings. The van der Waals surface area contributed by atoms with Gasteiger partial charge in [-0.2, -0.15) is 5.26 Å². The fourth-order valence-corrected chi connectivity index (χ4v) is 2.84. The number of hydrazine groups is 1. The third-order valence-electron chi connectivity index (χ3n) is 3.47. The van der Waals surface area contributed by atoms with Gasteiger partial charge < -0.3 is 10.1 Å². The number of ether oxygens (including phenoxy) is 1. The molecule has 0 heterocycles. The fourth-order valence-electron chi connectivity index (χ4n) is 2.05. The van der Waals surface area contributed by atoms with Crippen molar-refractivity contribution in [2.75, 3.05) is 24.7 Å². The fraction of sp³-hybridized carbons (Fsp3) is 0.211. The number of carbonyl (C=O) groups is 2. The Balaban J connectivity index is 1.61. The van der Waals surface area contributed by atoms with Crippen LogP contribution in [0, 0.1) is 11.3 Å². The molecule has 2 amide bonds. The summed E-state index contributed by atoms with van der Waals surface area (Å²) in [6, 6.07) is 16.4. The van der Waals surface area contributed by atoms with Gasteiger partial charge in [-0.05, 0) is 42.0 Å². The van der Waals surface area contributed by atoms with Crippen molar-refractivity contribution in [2.45, 2.75) is 5.75 Å². The molecule has 0 aliphatic rings. The molecule has 0 bridgehead atoms. The quantitative estimate of drug-likeness (QED) is 0.602. The summed E-state index contributed by atoms with van der Waals surface area (Å²) in [7, 11) is 1.58. The molecule has 0 aliphatic carbocycles. The summed E-state index contributed by atoms with van der Waals surface area (Å²) < 4.78 is 5.06. The highest BCUT2D eigenvalue weighted by molar-refractivity contribution is 7.99. The van der Waals surface area contributed by atoms with Crippen molar-refractivity contribution in [3.63, 3.8) is 0 Å². The molecule has 0 radical (unpaired) electrons. The summed E-state index contributed by atoms with van der Waals surface area (Å²) >= 11 is 1.42. The highest BCUT2D eigenvalue weighted by Crippen LogP contribution is 2.14. The zero-order valence-corrected chi connectivity index (χ0v) is 15.6. The lowest BCUT2D eigenvalue weighted by Crippen LogP contribution is -2.44. The van der Waals surface area contributed by atoms with Gasteiger partial charge in [-0.3, -0.25) is 20.4 Å². The molecule has 2 rings (SSSR count). The molecule has 0 aromatic heterocycles. The van der Waals surface area contributed by atoms with Crippen LogP contribution < -0.4 is 20.9 Å². The average Bonchev–Trinajstić information content (AvgIpc) is 2.71. The summed E-state index contributed by atoms with van der Waals surface area (Å²) in [5.41, 5.74) is 7.15. The number of rotatable bonds is 8. The van der Waals surface area contributed by atoms with Crippen LogP contribution >= 0.6 is 11.8 Å². The van der Waals surface area contributed by atoms with Crippen molar-refractivity contribution in [2.24, 2.45) is 0 Å². The van der Waals surface area contributed by atoms with Gasteiger partial charge in [-0.15, -0.1) is 11.8 Å².